The minimum absolute atomic E-state index is 0.00793. The molecule has 2 unspecified atom stereocenters. The zero-order chi connectivity index (χ0) is 34.1. The molecule has 0 saturated carbocycles. The number of piperidine rings is 1. The van der Waals surface area contributed by atoms with Crippen LogP contribution in [0.2, 0.25) is 0 Å². The van der Waals surface area contributed by atoms with Crippen LogP contribution in [0.5, 0.6) is 0 Å². The van der Waals surface area contributed by atoms with Gasteiger partial charge in [0.2, 0.25) is 0 Å². The molecule has 5 rings (SSSR count). The second-order valence-corrected chi connectivity index (χ2v) is 14.2. The summed E-state index contributed by atoms with van der Waals surface area (Å²) in [7, 11) is 3.62. The number of nitrogens with one attached hydrogen (secondary N) is 1. The van der Waals surface area contributed by atoms with Crippen molar-refractivity contribution in [1.29, 1.82) is 0 Å². The van der Waals surface area contributed by atoms with Gasteiger partial charge in [-0.05, 0) is 81.8 Å². The number of alkyl halides is 3. The second-order valence-electron chi connectivity index (χ2n) is 14.2. The minimum atomic E-state index is -4.39. The van der Waals surface area contributed by atoms with Crippen molar-refractivity contribution in [3.63, 3.8) is 0 Å². The molecule has 0 aromatic heterocycles. The molecule has 0 radical (unpaired) electrons. The highest BCUT2D eigenvalue weighted by atomic mass is 19.4. The third-order valence-corrected chi connectivity index (χ3v) is 9.77. The summed E-state index contributed by atoms with van der Waals surface area (Å²) in [5, 5.41) is 3.05. The maximum atomic E-state index is 13.5. The molecule has 1 N–H and O–H groups in total. The predicted molar refractivity (Wildman–Crippen MR) is 175 cm³/mol. The zero-order valence-corrected chi connectivity index (χ0v) is 28.0. The Morgan fingerprint density at radius 1 is 0.723 bits per heavy atom. The number of likely N-dealkylation sites (tertiary alicyclic amines) is 3. The van der Waals surface area contributed by atoms with Crippen LogP contribution in [0.4, 0.5) is 22.8 Å². The SMILES string of the molecule is CN(C(=O)c1ccc(-c2ccc(C(F)(F)F)cc2)cc1)C1CCN(C(=O)N(C)C2CCN(C3CCN(C(=O)NC(C)(C)C)CC3)C2)C1. The van der Waals surface area contributed by atoms with Gasteiger partial charge in [0.1, 0.15) is 0 Å². The van der Waals surface area contributed by atoms with Gasteiger partial charge in [-0.2, -0.15) is 13.2 Å². The number of urea groups is 2. The van der Waals surface area contributed by atoms with Crippen molar-refractivity contribution >= 4 is 18.0 Å². The van der Waals surface area contributed by atoms with Gasteiger partial charge in [-0.1, -0.05) is 24.3 Å². The molecule has 3 aliphatic heterocycles. The number of rotatable bonds is 5. The second kappa shape index (κ2) is 13.7. The van der Waals surface area contributed by atoms with Crippen molar-refractivity contribution in [3.8, 4) is 11.1 Å². The van der Waals surface area contributed by atoms with Crippen LogP contribution in [0, 0.1) is 0 Å². The van der Waals surface area contributed by atoms with Gasteiger partial charge in [0.05, 0.1) is 11.6 Å². The standard InChI is InChI=1S/C35H47F3N6O3/c1-34(2,3)39-32(46)42-18-14-28(15-19-42)43-20-16-30(22-43)41(5)33(47)44-21-17-29(23-44)40(4)31(45)26-8-6-24(7-9-26)25-10-12-27(13-11-25)35(36,37)38/h6-13,28-30H,14-23H2,1-5H3,(H,39,46). The normalized spacial score (nSPS) is 21.2. The van der Waals surface area contributed by atoms with Crippen LogP contribution in [-0.4, -0.2) is 119 Å². The van der Waals surface area contributed by atoms with Crippen molar-refractivity contribution in [2.45, 2.75) is 76.3 Å². The van der Waals surface area contributed by atoms with Crippen molar-refractivity contribution in [1.82, 2.24) is 29.8 Å². The predicted octanol–water partition coefficient (Wildman–Crippen LogP) is 5.62. The van der Waals surface area contributed by atoms with E-state index in [1.165, 1.54) is 12.1 Å². The summed E-state index contributed by atoms with van der Waals surface area (Å²) in [5.41, 5.74) is 0.875. The first kappa shape index (κ1) is 34.5. The van der Waals surface area contributed by atoms with Gasteiger partial charge in [0, 0.05) is 76.5 Å². The Kier molecular flexibility index (Phi) is 10.1. The molecule has 2 aromatic rings. The van der Waals surface area contributed by atoms with Crippen molar-refractivity contribution in [2.24, 2.45) is 0 Å². The fourth-order valence-electron chi connectivity index (χ4n) is 6.89. The molecule has 3 aliphatic rings. The highest BCUT2D eigenvalue weighted by Crippen LogP contribution is 2.31. The van der Waals surface area contributed by atoms with Gasteiger partial charge in [0.25, 0.3) is 5.91 Å². The van der Waals surface area contributed by atoms with E-state index in [1.54, 1.807) is 36.2 Å². The first-order valence-corrected chi connectivity index (χ1v) is 16.5. The Balaban J connectivity index is 1.09. The number of carbonyl (C=O) groups is 3. The Morgan fingerprint density at radius 3 is 1.83 bits per heavy atom. The van der Waals surface area contributed by atoms with Crippen LogP contribution in [0.1, 0.15) is 62.4 Å². The van der Waals surface area contributed by atoms with E-state index in [-0.39, 0.29) is 35.6 Å². The quantitative estimate of drug-likeness (QED) is 0.454. The number of nitrogens with zero attached hydrogens (tertiary/aromatic N) is 5. The molecule has 3 fully saturated rings. The van der Waals surface area contributed by atoms with E-state index in [1.807, 2.05) is 42.5 Å². The monoisotopic (exact) mass is 656 g/mol. The number of hydrogen-bond donors (Lipinski definition) is 1. The molecule has 3 heterocycles. The van der Waals surface area contributed by atoms with Gasteiger partial charge in [-0.25, -0.2) is 9.59 Å². The molecule has 0 aliphatic carbocycles. The van der Waals surface area contributed by atoms with Crippen molar-refractivity contribution < 1.29 is 27.6 Å². The highest BCUT2D eigenvalue weighted by Gasteiger charge is 2.38. The Morgan fingerprint density at radius 2 is 1.26 bits per heavy atom. The lowest BCUT2D eigenvalue weighted by molar-refractivity contribution is -0.137. The molecular formula is C35H47F3N6O3. The Hall–Kier alpha value is -3.80. The molecule has 0 spiro atoms. The van der Waals surface area contributed by atoms with E-state index < -0.39 is 11.7 Å². The molecule has 256 valence electrons. The first-order valence-electron chi connectivity index (χ1n) is 16.5. The molecule has 12 heteroatoms. The topological polar surface area (TPSA) is 79.4 Å². The summed E-state index contributed by atoms with van der Waals surface area (Å²) in [5.74, 6) is -0.162. The summed E-state index contributed by atoms with van der Waals surface area (Å²) in [4.78, 5) is 49.1. The van der Waals surface area contributed by atoms with Crippen molar-refractivity contribution in [2.75, 3.05) is 53.4 Å². The van der Waals surface area contributed by atoms with Gasteiger partial charge in [-0.15, -0.1) is 0 Å². The zero-order valence-electron chi connectivity index (χ0n) is 28.0. The van der Waals surface area contributed by atoms with E-state index in [0.29, 0.717) is 36.7 Å². The molecule has 47 heavy (non-hydrogen) atoms. The fourth-order valence-corrected chi connectivity index (χ4v) is 6.89. The largest absolute Gasteiger partial charge is 0.416 e. The van der Waals surface area contributed by atoms with Gasteiger partial charge < -0.3 is 24.9 Å². The van der Waals surface area contributed by atoms with Gasteiger partial charge in [0.15, 0.2) is 0 Å². The maximum absolute atomic E-state index is 13.5. The molecule has 5 amide bonds. The summed E-state index contributed by atoms with van der Waals surface area (Å²) >= 11 is 0. The number of halogens is 3. The van der Waals surface area contributed by atoms with Crippen LogP contribution in [-0.2, 0) is 6.18 Å². The number of likely N-dealkylation sites (N-methyl/N-ethyl adjacent to an activating group) is 2. The van der Waals surface area contributed by atoms with Gasteiger partial charge in [-0.3, -0.25) is 9.69 Å². The number of carbonyl (C=O) groups excluding carboxylic acids is 3. The van der Waals surface area contributed by atoms with E-state index in [0.717, 1.165) is 63.1 Å². The maximum Gasteiger partial charge on any atom is 0.416 e. The minimum Gasteiger partial charge on any atom is -0.337 e. The van der Waals surface area contributed by atoms with Crippen molar-refractivity contribution in [3.05, 3.63) is 59.7 Å². The molecule has 2 atom stereocenters. The number of benzene rings is 2. The number of amides is 5. The summed E-state index contributed by atoms with van der Waals surface area (Å²) in [6, 6.07) is 12.2. The van der Waals surface area contributed by atoms with E-state index in [4.69, 9.17) is 0 Å². The van der Waals surface area contributed by atoms with Crippen LogP contribution in [0.15, 0.2) is 48.5 Å². The Bertz CT molecular complexity index is 1420. The molecular weight excluding hydrogens is 609 g/mol. The van der Waals surface area contributed by atoms with E-state index in [9.17, 15) is 27.6 Å². The first-order chi connectivity index (χ1) is 22.1. The fraction of sp³-hybridized carbons (Fsp3) is 0.571. The summed E-state index contributed by atoms with van der Waals surface area (Å²) in [6.45, 7) is 10.2. The third-order valence-electron chi connectivity index (χ3n) is 9.77. The van der Waals surface area contributed by atoms with Crippen LogP contribution >= 0.6 is 0 Å². The lowest BCUT2D eigenvalue weighted by atomic mass is 10.0. The van der Waals surface area contributed by atoms with Crippen LogP contribution < -0.4 is 5.32 Å². The molecule has 2 aromatic carbocycles. The van der Waals surface area contributed by atoms with E-state index in [2.05, 4.69) is 10.2 Å². The average molecular weight is 657 g/mol. The number of hydrogen-bond acceptors (Lipinski definition) is 4. The van der Waals surface area contributed by atoms with E-state index >= 15 is 0 Å². The molecule has 9 nitrogen and oxygen atoms in total. The summed E-state index contributed by atoms with van der Waals surface area (Å²) < 4.78 is 38.7. The third kappa shape index (κ3) is 8.20. The lowest BCUT2D eigenvalue weighted by Crippen LogP contribution is -2.53. The lowest BCUT2D eigenvalue weighted by Gasteiger charge is -2.38. The summed E-state index contributed by atoms with van der Waals surface area (Å²) in [6.07, 6.45) is -0.949. The Labute approximate surface area is 275 Å². The highest BCUT2D eigenvalue weighted by molar-refractivity contribution is 5.95. The van der Waals surface area contributed by atoms with Crippen LogP contribution in [0.25, 0.3) is 11.1 Å². The molecule has 3 saturated heterocycles. The van der Waals surface area contributed by atoms with Gasteiger partial charge >= 0.3 is 18.2 Å². The average Bonchev–Trinajstić information content (AvgIpc) is 3.74. The molecule has 0 bridgehead atoms. The van der Waals surface area contributed by atoms with Crippen LogP contribution in [0.3, 0.4) is 0 Å². The smallest absolute Gasteiger partial charge is 0.337 e.